The molecule has 0 saturated carbocycles. The number of nitrogens with zero attached hydrogens (tertiary/aromatic N) is 2. The fourth-order valence-electron chi connectivity index (χ4n) is 4.03. The van der Waals surface area contributed by atoms with Crippen molar-refractivity contribution in [3.63, 3.8) is 0 Å². The molecule has 2 aliphatic heterocycles. The number of hydrogen-bond acceptors (Lipinski definition) is 3. The summed E-state index contributed by atoms with van der Waals surface area (Å²) in [6.07, 6.45) is 1.07. The van der Waals surface area contributed by atoms with Gasteiger partial charge in [0, 0.05) is 32.1 Å². The van der Waals surface area contributed by atoms with Gasteiger partial charge in [-0.25, -0.2) is 0 Å². The van der Waals surface area contributed by atoms with Gasteiger partial charge in [-0.2, -0.15) is 0 Å². The lowest BCUT2D eigenvalue weighted by Crippen LogP contribution is -2.54. The third-order valence-electron chi connectivity index (χ3n) is 5.65. The topological polar surface area (TPSA) is 43.8 Å². The standard InChI is InChI=1S/C19H28N2O2/c1-18(2)14-21(13-16(18)15-7-5-4-6-8-15)17(22)19(23)9-11-20(3)12-10-19/h4-8,16,23H,9-14H2,1-3H3. The number of likely N-dealkylation sites (tertiary alicyclic amines) is 2. The van der Waals surface area contributed by atoms with Gasteiger partial charge < -0.3 is 14.9 Å². The first-order chi connectivity index (χ1) is 10.8. The normalized spacial score (nSPS) is 27.1. The van der Waals surface area contributed by atoms with Crippen LogP contribution in [0.4, 0.5) is 0 Å². The highest BCUT2D eigenvalue weighted by molar-refractivity contribution is 5.85. The number of hydrogen-bond donors (Lipinski definition) is 1. The van der Waals surface area contributed by atoms with Crippen LogP contribution in [0.1, 0.15) is 38.2 Å². The number of aliphatic hydroxyl groups is 1. The molecule has 0 bridgehead atoms. The first kappa shape index (κ1) is 16.5. The molecule has 2 aliphatic rings. The molecular formula is C19H28N2O2. The van der Waals surface area contributed by atoms with Gasteiger partial charge in [0.05, 0.1) is 0 Å². The van der Waals surface area contributed by atoms with Gasteiger partial charge in [0.2, 0.25) is 0 Å². The Kier molecular flexibility index (Phi) is 4.23. The number of benzene rings is 1. The van der Waals surface area contributed by atoms with Crippen LogP contribution in [-0.2, 0) is 4.79 Å². The van der Waals surface area contributed by atoms with Crippen LogP contribution in [0.25, 0.3) is 0 Å². The number of amides is 1. The summed E-state index contributed by atoms with van der Waals surface area (Å²) in [5, 5.41) is 10.8. The predicted molar refractivity (Wildman–Crippen MR) is 91.2 cm³/mol. The van der Waals surface area contributed by atoms with Crippen LogP contribution in [0.15, 0.2) is 30.3 Å². The van der Waals surface area contributed by atoms with Gasteiger partial charge in [-0.15, -0.1) is 0 Å². The van der Waals surface area contributed by atoms with Crippen molar-refractivity contribution >= 4 is 5.91 Å². The van der Waals surface area contributed by atoms with Crippen LogP contribution >= 0.6 is 0 Å². The largest absolute Gasteiger partial charge is 0.380 e. The molecule has 2 saturated heterocycles. The second-order valence-electron chi connectivity index (χ2n) is 7.97. The van der Waals surface area contributed by atoms with Gasteiger partial charge in [0.25, 0.3) is 5.91 Å². The molecule has 4 nitrogen and oxygen atoms in total. The first-order valence-electron chi connectivity index (χ1n) is 8.57. The highest BCUT2D eigenvalue weighted by Crippen LogP contribution is 2.43. The van der Waals surface area contributed by atoms with Crippen molar-refractivity contribution in [3.05, 3.63) is 35.9 Å². The lowest BCUT2D eigenvalue weighted by molar-refractivity contribution is -0.155. The third kappa shape index (κ3) is 3.15. The Hall–Kier alpha value is -1.39. The van der Waals surface area contributed by atoms with Gasteiger partial charge >= 0.3 is 0 Å². The van der Waals surface area contributed by atoms with E-state index >= 15 is 0 Å². The first-order valence-corrected chi connectivity index (χ1v) is 8.57. The second kappa shape index (κ2) is 5.91. The zero-order valence-corrected chi connectivity index (χ0v) is 14.5. The Morgan fingerprint density at radius 3 is 2.39 bits per heavy atom. The van der Waals surface area contributed by atoms with Gasteiger partial charge in [-0.1, -0.05) is 44.2 Å². The number of carbonyl (C=O) groups is 1. The lowest BCUT2D eigenvalue weighted by atomic mass is 9.78. The number of rotatable bonds is 2. The summed E-state index contributed by atoms with van der Waals surface area (Å²) >= 11 is 0. The zero-order valence-electron chi connectivity index (χ0n) is 14.5. The Morgan fingerprint density at radius 1 is 1.17 bits per heavy atom. The SMILES string of the molecule is CN1CCC(O)(C(=O)N2CC(c3ccccc3)C(C)(C)C2)CC1. The van der Waals surface area contributed by atoms with Crippen LogP contribution in [0, 0.1) is 5.41 Å². The van der Waals surface area contributed by atoms with Crippen molar-refractivity contribution in [2.75, 3.05) is 33.2 Å². The maximum Gasteiger partial charge on any atom is 0.254 e. The molecule has 1 aromatic rings. The molecule has 0 radical (unpaired) electrons. The summed E-state index contributed by atoms with van der Waals surface area (Å²) in [5.41, 5.74) is 0.135. The molecule has 1 amide bonds. The summed E-state index contributed by atoms with van der Waals surface area (Å²) in [6, 6.07) is 10.4. The average Bonchev–Trinajstić information content (AvgIpc) is 2.86. The molecule has 2 heterocycles. The fourth-order valence-corrected chi connectivity index (χ4v) is 4.03. The Bertz CT molecular complexity index is 562. The van der Waals surface area contributed by atoms with E-state index in [9.17, 15) is 9.90 Å². The van der Waals surface area contributed by atoms with E-state index in [1.807, 2.05) is 18.0 Å². The molecule has 2 fully saturated rings. The monoisotopic (exact) mass is 316 g/mol. The van der Waals surface area contributed by atoms with Gasteiger partial charge in [-0.3, -0.25) is 4.79 Å². The van der Waals surface area contributed by atoms with Crippen molar-refractivity contribution in [2.45, 2.75) is 38.2 Å². The smallest absolute Gasteiger partial charge is 0.254 e. The van der Waals surface area contributed by atoms with E-state index in [1.54, 1.807) is 0 Å². The Morgan fingerprint density at radius 2 is 1.78 bits per heavy atom. The van der Waals surface area contributed by atoms with Crippen LogP contribution in [0.5, 0.6) is 0 Å². The average molecular weight is 316 g/mol. The van der Waals surface area contributed by atoms with Gasteiger partial charge in [0.15, 0.2) is 0 Å². The van der Waals surface area contributed by atoms with Crippen molar-refractivity contribution in [1.82, 2.24) is 9.80 Å². The molecule has 1 atom stereocenters. The maximum atomic E-state index is 13.0. The molecule has 1 N–H and O–H groups in total. The van der Waals surface area contributed by atoms with E-state index in [0.717, 1.165) is 13.1 Å². The summed E-state index contributed by atoms with van der Waals surface area (Å²) in [5.74, 6) is 0.250. The molecule has 0 aromatic heterocycles. The Labute approximate surface area is 139 Å². The van der Waals surface area contributed by atoms with Crippen molar-refractivity contribution in [1.29, 1.82) is 0 Å². The van der Waals surface area contributed by atoms with E-state index in [0.29, 0.717) is 31.8 Å². The quantitative estimate of drug-likeness (QED) is 0.909. The molecule has 1 unspecified atom stereocenters. The van der Waals surface area contributed by atoms with Crippen molar-refractivity contribution in [3.8, 4) is 0 Å². The van der Waals surface area contributed by atoms with E-state index in [1.165, 1.54) is 5.56 Å². The molecule has 4 heteroatoms. The summed E-state index contributed by atoms with van der Waals surface area (Å²) in [4.78, 5) is 17.0. The molecular weight excluding hydrogens is 288 g/mol. The number of piperidine rings is 1. The van der Waals surface area contributed by atoms with Gasteiger partial charge in [-0.05, 0) is 30.9 Å². The van der Waals surface area contributed by atoms with Crippen LogP contribution in [-0.4, -0.2) is 59.6 Å². The minimum Gasteiger partial charge on any atom is -0.380 e. The molecule has 0 aliphatic carbocycles. The molecule has 23 heavy (non-hydrogen) atoms. The van der Waals surface area contributed by atoms with Crippen molar-refractivity contribution in [2.24, 2.45) is 5.41 Å². The minimum atomic E-state index is -1.17. The van der Waals surface area contributed by atoms with E-state index < -0.39 is 5.60 Å². The summed E-state index contributed by atoms with van der Waals surface area (Å²) in [7, 11) is 2.04. The van der Waals surface area contributed by atoms with Gasteiger partial charge in [0.1, 0.15) is 5.60 Å². The maximum absolute atomic E-state index is 13.0. The Balaban J connectivity index is 1.76. The highest BCUT2D eigenvalue weighted by Gasteiger charge is 2.48. The lowest BCUT2D eigenvalue weighted by Gasteiger charge is -2.37. The molecule has 1 aromatic carbocycles. The predicted octanol–water partition coefficient (Wildman–Crippen LogP) is 2.10. The summed E-state index contributed by atoms with van der Waals surface area (Å²) < 4.78 is 0. The third-order valence-corrected chi connectivity index (χ3v) is 5.65. The molecule has 0 spiro atoms. The minimum absolute atomic E-state index is 0.0266. The molecule has 126 valence electrons. The highest BCUT2D eigenvalue weighted by atomic mass is 16.3. The van der Waals surface area contributed by atoms with E-state index in [4.69, 9.17) is 0 Å². The fraction of sp³-hybridized carbons (Fsp3) is 0.632. The van der Waals surface area contributed by atoms with Crippen LogP contribution in [0.2, 0.25) is 0 Å². The second-order valence-corrected chi connectivity index (χ2v) is 7.97. The van der Waals surface area contributed by atoms with Crippen molar-refractivity contribution < 1.29 is 9.90 Å². The summed E-state index contributed by atoms with van der Waals surface area (Å²) in [6.45, 7) is 7.41. The van der Waals surface area contributed by atoms with E-state index in [2.05, 4.69) is 43.0 Å². The van der Waals surface area contributed by atoms with Crippen LogP contribution in [0.3, 0.4) is 0 Å². The van der Waals surface area contributed by atoms with Crippen LogP contribution < -0.4 is 0 Å². The van der Waals surface area contributed by atoms with E-state index in [-0.39, 0.29) is 11.3 Å². The molecule has 3 rings (SSSR count). The zero-order chi connectivity index (χ0) is 16.7. The number of carbonyl (C=O) groups excluding carboxylic acids is 1.